The molecule has 0 aliphatic carbocycles. The molecule has 0 atom stereocenters. The molecule has 5 heteroatoms. The van der Waals surface area contributed by atoms with Crippen LogP contribution >= 0.6 is 27.5 Å². The molecule has 3 nitrogen and oxygen atoms in total. The van der Waals surface area contributed by atoms with Crippen LogP contribution in [0.3, 0.4) is 0 Å². The second kappa shape index (κ2) is 6.07. The van der Waals surface area contributed by atoms with E-state index in [0.29, 0.717) is 17.5 Å². The minimum atomic E-state index is 0.432. The van der Waals surface area contributed by atoms with E-state index in [2.05, 4.69) is 20.9 Å². The first kappa shape index (κ1) is 13.2. The largest absolute Gasteiger partial charge is 0.497 e. The zero-order valence-electron chi connectivity index (χ0n) is 9.69. The van der Waals surface area contributed by atoms with Gasteiger partial charge in [-0.05, 0) is 30.3 Å². The zero-order valence-corrected chi connectivity index (χ0v) is 12.0. The van der Waals surface area contributed by atoms with E-state index in [9.17, 15) is 0 Å². The lowest BCUT2D eigenvalue weighted by Gasteiger charge is -2.09. The highest BCUT2D eigenvalue weighted by Crippen LogP contribution is 2.24. The second-order valence-corrected chi connectivity index (χ2v) is 4.80. The summed E-state index contributed by atoms with van der Waals surface area (Å²) < 4.78 is 11.8. The normalized spacial score (nSPS) is 10.2. The average Bonchev–Trinajstić information content (AvgIpc) is 2.40. The van der Waals surface area contributed by atoms with Gasteiger partial charge in [0.2, 0.25) is 0 Å². The maximum absolute atomic E-state index is 5.70. The van der Waals surface area contributed by atoms with Gasteiger partial charge in [0.25, 0.3) is 0 Å². The SMILES string of the molecule is COc1ccc(Br)c(COc2ccc(Cl)nc2)c1. The van der Waals surface area contributed by atoms with Crippen LogP contribution in [-0.2, 0) is 6.61 Å². The van der Waals surface area contributed by atoms with Gasteiger partial charge in [0.1, 0.15) is 23.3 Å². The Hall–Kier alpha value is -1.26. The number of halogens is 2. The summed E-state index contributed by atoms with van der Waals surface area (Å²) in [5, 5.41) is 0.449. The average molecular weight is 329 g/mol. The predicted molar refractivity (Wildman–Crippen MR) is 74.3 cm³/mol. The Kier molecular flexibility index (Phi) is 4.44. The van der Waals surface area contributed by atoms with Crippen molar-refractivity contribution >= 4 is 27.5 Å². The third-order valence-corrected chi connectivity index (χ3v) is 3.34. The molecule has 0 spiro atoms. The van der Waals surface area contributed by atoms with Crippen LogP contribution in [0.5, 0.6) is 11.5 Å². The molecule has 94 valence electrons. The van der Waals surface area contributed by atoms with Gasteiger partial charge in [-0.3, -0.25) is 0 Å². The summed E-state index contributed by atoms with van der Waals surface area (Å²) >= 11 is 9.18. The van der Waals surface area contributed by atoms with Gasteiger partial charge in [0.05, 0.1) is 13.3 Å². The number of aromatic nitrogens is 1. The number of pyridine rings is 1. The molecule has 0 saturated heterocycles. The molecule has 0 saturated carbocycles. The molecule has 2 aromatic rings. The summed E-state index contributed by atoms with van der Waals surface area (Å²) in [5.41, 5.74) is 1.00. The Bertz CT molecular complexity index is 531. The number of ether oxygens (including phenoxy) is 2. The van der Waals surface area contributed by atoms with E-state index in [1.54, 1.807) is 25.4 Å². The monoisotopic (exact) mass is 327 g/mol. The van der Waals surface area contributed by atoms with Gasteiger partial charge < -0.3 is 9.47 Å². The Balaban J connectivity index is 2.07. The van der Waals surface area contributed by atoms with Gasteiger partial charge in [0, 0.05) is 10.0 Å². The number of hydrogen-bond donors (Lipinski definition) is 0. The molecule has 0 fully saturated rings. The van der Waals surface area contributed by atoms with E-state index in [0.717, 1.165) is 15.8 Å². The Morgan fingerprint density at radius 2 is 2.00 bits per heavy atom. The first-order valence-electron chi connectivity index (χ1n) is 5.26. The van der Waals surface area contributed by atoms with E-state index in [1.807, 2.05) is 18.2 Å². The van der Waals surface area contributed by atoms with Crippen LogP contribution in [0.4, 0.5) is 0 Å². The minimum Gasteiger partial charge on any atom is -0.497 e. The van der Waals surface area contributed by atoms with Gasteiger partial charge >= 0.3 is 0 Å². The second-order valence-electron chi connectivity index (χ2n) is 3.56. The fourth-order valence-electron chi connectivity index (χ4n) is 1.40. The van der Waals surface area contributed by atoms with E-state index >= 15 is 0 Å². The summed E-state index contributed by atoms with van der Waals surface area (Å²) in [7, 11) is 1.64. The Morgan fingerprint density at radius 3 is 2.67 bits per heavy atom. The van der Waals surface area contributed by atoms with Crippen LogP contribution in [0, 0.1) is 0 Å². The van der Waals surface area contributed by atoms with Crippen molar-refractivity contribution in [2.24, 2.45) is 0 Å². The van der Waals surface area contributed by atoms with Crippen LogP contribution in [0.2, 0.25) is 5.15 Å². The molecule has 0 aliphatic rings. The van der Waals surface area contributed by atoms with Crippen LogP contribution in [-0.4, -0.2) is 12.1 Å². The van der Waals surface area contributed by atoms with Gasteiger partial charge in [-0.2, -0.15) is 0 Å². The number of methoxy groups -OCH3 is 1. The molecule has 0 amide bonds. The lowest BCUT2D eigenvalue weighted by atomic mass is 10.2. The molecule has 2 rings (SSSR count). The third kappa shape index (κ3) is 3.37. The van der Waals surface area contributed by atoms with Crippen molar-refractivity contribution in [1.29, 1.82) is 0 Å². The standard InChI is InChI=1S/C13H11BrClNO2/c1-17-10-2-4-12(14)9(6-10)8-18-11-3-5-13(15)16-7-11/h2-7H,8H2,1H3. The molecule has 1 aromatic heterocycles. The van der Waals surface area contributed by atoms with Crippen molar-refractivity contribution < 1.29 is 9.47 Å². The lowest BCUT2D eigenvalue weighted by Crippen LogP contribution is -1.97. The fraction of sp³-hybridized carbons (Fsp3) is 0.154. The summed E-state index contributed by atoms with van der Waals surface area (Å²) in [6, 6.07) is 9.21. The predicted octanol–water partition coefficient (Wildman–Crippen LogP) is 4.09. The zero-order chi connectivity index (χ0) is 13.0. The van der Waals surface area contributed by atoms with Crippen molar-refractivity contribution in [3.05, 3.63) is 51.7 Å². The van der Waals surface area contributed by atoms with Crippen LogP contribution in [0.25, 0.3) is 0 Å². The lowest BCUT2D eigenvalue weighted by molar-refractivity contribution is 0.303. The molecule has 0 N–H and O–H groups in total. The van der Waals surface area contributed by atoms with E-state index in [-0.39, 0.29) is 0 Å². The van der Waals surface area contributed by atoms with Gasteiger partial charge in [-0.1, -0.05) is 27.5 Å². The Morgan fingerprint density at radius 1 is 1.22 bits per heavy atom. The molecule has 0 bridgehead atoms. The van der Waals surface area contributed by atoms with Crippen molar-refractivity contribution in [2.45, 2.75) is 6.61 Å². The molecule has 1 heterocycles. The Labute approximate surface area is 119 Å². The number of benzene rings is 1. The summed E-state index contributed by atoms with van der Waals surface area (Å²) in [5.74, 6) is 1.47. The maximum atomic E-state index is 5.70. The van der Waals surface area contributed by atoms with Crippen molar-refractivity contribution in [1.82, 2.24) is 4.98 Å². The maximum Gasteiger partial charge on any atom is 0.138 e. The quantitative estimate of drug-likeness (QED) is 0.792. The summed E-state index contributed by atoms with van der Waals surface area (Å²) in [6.07, 6.45) is 1.59. The smallest absolute Gasteiger partial charge is 0.138 e. The van der Waals surface area contributed by atoms with E-state index in [1.165, 1.54) is 0 Å². The summed E-state index contributed by atoms with van der Waals surface area (Å²) in [4.78, 5) is 3.95. The molecule has 1 aromatic carbocycles. The highest BCUT2D eigenvalue weighted by molar-refractivity contribution is 9.10. The van der Waals surface area contributed by atoms with Gasteiger partial charge in [0.15, 0.2) is 0 Å². The number of hydrogen-bond acceptors (Lipinski definition) is 3. The molecule has 0 aliphatic heterocycles. The number of nitrogens with zero attached hydrogens (tertiary/aromatic N) is 1. The van der Waals surface area contributed by atoms with Crippen LogP contribution in [0.1, 0.15) is 5.56 Å². The van der Waals surface area contributed by atoms with E-state index in [4.69, 9.17) is 21.1 Å². The first-order valence-corrected chi connectivity index (χ1v) is 6.43. The molecule has 0 unspecified atom stereocenters. The van der Waals surface area contributed by atoms with Crippen molar-refractivity contribution in [3.8, 4) is 11.5 Å². The van der Waals surface area contributed by atoms with Gasteiger partial charge in [-0.25, -0.2) is 4.98 Å². The summed E-state index contributed by atoms with van der Waals surface area (Å²) in [6.45, 7) is 0.432. The highest BCUT2D eigenvalue weighted by Gasteiger charge is 2.03. The van der Waals surface area contributed by atoms with Crippen molar-refractivity contribution in [3.63, 3.8) is 0 Å². The third-order valence-electron chi connectivity index (χ3n) is 2.35. The highest BCUT2D eigenvalue weighted by atomic mass is 79.9. The first-order chi connectivity index (χ1) is 8.69. The molecule has 0 radical (unpaired) electrons. The van der Waals surface area contributed by atoms with Crippen LogP contribution < -0.4 is 9.47 Å². The minimum absolute atomic E-state index is 0.432. The molecular formula is C13H11BrClNO2. The fourth-order valence-corrected chi connectivity index (χ4v) is 1.87. The van der Waals surface area contributed by atoms with Crippen molar-refractivity contribution in [2.75, 3.05) is 7.11 Å². The molecular weight excluding hydrogens is 318 g/mol. The van der Waals surface area contributed by atoms with E-state index < -0.39 is 0 Å². The number of rotatable bonds is 4. The van der Waals surface area contributed by atoms with Crippen LogP contribution in [0.15, 0.2) is 41.0 Å². The molecule has 18 heavy (non-hydrogen) atoms. The van der Waals surface area contributed by atoms with Gasteiger partial charge in [-0.15, -0.1) is 0 Å². The topological polar surface area (TPSA) is 31.4 Å².